The molecular formula is C12H19FN2O. The van der Waals surface area contributed by atoms with Crippen molar-refractivity contribution in [2.24, 2.45) is 0 Å². The number of nitrogens with two attached hydrogens (primary N) is 1. The fourth-order valence-electron chi connectivity index (χ4n) is 1.58. The third kappa shape index (κ3) is 3.18. The van der Waals surface area contributed by atoms with Gasteiger partial charge in [0.05, 0.1) is 11.8 Å². The van der Waals surface area contributed by atoms with Gasteiger partial charge in [0.1, 0.15) is 5.82 Å². The second kappa shape index (κ2) is 5.82. The number of nitrogens with zero attached hydrogens (tertiary/aromatic N) is 1. The summed E-state index contributed by atoms with van der Waals surface area (Å²) < 4.78 is 13.2. The van der Waals surface area contributed by atoms with Gasteiger partial charge < -0.3 is 15.7 Å². The molecule has 0 saturated carbocycles. The SMILES string of the molecule is CCN(CC)CC(O)c1ccc(N)c(F)c1. The summed E-state index contributed by atoms with van der Waals surface area (Å²) >= 11 is 0. The average Bonchev–Trinajstić information content (AvgIpc) is 2.29. The van der Waals surface area contributed by atoms with Crippen LogP contribution in [0.1, 0.15) is 25.5 Å². The zero-order valence-electron chi connectivity index (χ0n) is 9.78. The van der Waals surface area contributed by atoms with E-state index in [0.717, 1.165) is 13.1 Å². The Kier molecular flexibility index (Phi) is 4.71. The Morgan fingerprint density at radius 3 is 2.50 bits per heavy atom. The minimum atomic E-state index is -0.671. The second-order valence-electron chi connectivity index (χ2n) is 3.78. The van der Waals surface area contributed by atoms with Crippen LogP contribution in [0.25, 0.3) is 0 Å². The minimum absolute atomic E-state index is 0.110. The number of likely N-dealkylation sites (N-methyl/N-ethyl adjacent to an activating group) is 1. The predicted octanol–water partition coefficient (Wildman–Crippen LogP) is 1.78. The van der Waals surface area contributed by atoms with Gasteiger partial charge in [-0.3, -0.25) is 0 Å². The Morgan fingerprint density at radius 2 is 2.00 bits per heavy atom. The molecule has 0 radical (unpaired) electrons. The smallest absolute Gasteiger partial charge is 0.146 e. The Morgan fingerprint density at radius 1 is 1.38 bits per heavy atom. The number of nitrogen functional groups attached to an aromatic ring is 1. The molecule has 0 aliphatic heterocycles. The van der Waals surface area contributed by atoms with Gasteiger partial charge in [0.15, 0.2) is 0 Å². The van der Waals surface area contributed by atoms with Gasteiger partial charge in [-0.25, -0.2) is 4.39 Å². The van der Waals surface area contributed by atoms with E-state index in [9.17, 15) is 9.50 Å². The molecule has 0 bridgehead atoms. The van der Waals surface area contributed by atoms with Gasteiger partial charge in [0.25, 0.3) is 0 Å². The number of aliphatic hydroxyl groups is 1. The van der Waals surface area contributed by atoms with Crippen LogP contribution < -0.4 is 5.73 Å². The number of rotatable bonds is 5. The quantitative estimate of drug-likeness (QED) is 0.752. The summed E-state index contributed by atoms with van der Waals surface area (Å²) in [5.74, 6) is -0.476. The molecule has 90 valence electrons. The second-order valence-corrected chi connectivity index (χ2v) is 3.78. The van der Waals surface area contributed by atoms with Crippen LogP contribution in [0.5, 0.6) is 0 Å². The number of aliphatic hydroxyl groups excluding tert-OH is 1. The molecule has 1 aromatic rings. The van der Waals surface area contributed by atoms with E-state index in [-0.39, 0.29) is 5.69 Å². The highest BCUT2D eigenvalue weighted by Crippen LogP contribution is 2.19. The number of anilines is 1. The van der Waals surface area contributed by atoms with E-state index in [2.05, 4.69) is 4.90 Å². The van der Waals surface area contributed by atoms with Gasteiger partial charge in [-0.05, 0) is 30.8 Å². The third-order valence-electron chi connectivity index (χ3n) is 2.73. The van der Waals surface area contributed by atoms with Gasteiger partial charge in [-0.2, -0.15) is 0 Å². The molecule has 4 heteroatoms. The van der Waals surface area contributed by atoms with Crippen LogP contribution >= 0.6 is 0 Å². The lowest BCUT2D eigenvalue weighted by Crippen LogP contribution is -2.28. The molecule has 3 nitrogen and oxygen atoms in total. The maximum Gasteiger partial charge on any atom is 0.146 e. The van der Waals surface area contributed by atoms with Crippen LogP contribution in [-0.4, -0.2) is 29.6 Å². The van der Waals surface area contributed by atoms with Crippen molar-refractivity contribution >= 4 is 5.69 Å². The maximum atomic E-state index is 13.2. The van der Waals surface area contributed by atoms with Gasteiger partial charge >= 0.3 is 0 Å². The van der Waals surface area contributed by atoms with Crippen LogP contribution in [0.15, 0.2) is 18.2 Å². The zero-order valence-corrected chi connectivity index (χ0v) is 9.78. The molecule has 1 atom stereocenters. The Labute approximate surface area is 95.7 Å². The lowest BCUT2D eigenvalue weighted by atomic mass is 10.1. The van der Waals surface area contributed by atoms with Gasteiger partial charge in [-0.15, -0.1) is 0 Å². The van der Waals surface area contributed by atoms with Crippen molar-refractivity contribution in [3.63, 3.8) is 0 Å². The Bertz CT molecular complexity index is 340. The standard InChI is InChI=1S/C12H19FN2O/c1-3-15(4-2)8-12(16)9-5-6-11(14)10(13)7-9/h5-7,12,16H,3-4,8,14H2,1-2H3. The molecule has 1 unspecified atom stereocenters. The lowest BCUT2D eigenvalue weighted by Gasteiger charge is -2.22. The van der Waals surface area contributed by atoms with E-state index in [1.807, 2.05) is 13.8 Å². The van der Waals surface area contributed by atoms with Crippen LogP contribution in [0.2, 0.25) is 0 Å². The first-order chi connectivity index (χ1) is 7.58. The van der Waals surface area contributed by atoms with E-state index < -0.39 is 11.9 Å². The van der Waals surface area contributed by atoms with Crippen LogP contribution in [0.3, 0.4) is 0 Å². The monoisotopic (exact) mass is 226 g/mol. The highest BCUT2D eigenvalue weighted by atomic mass is 19.1. The summed E-state index contributed by atoms with van der Waals surface area (Å²) in [6.07, 6.45) is -0.671. The molecule has 0 spiro atoms. The van der Waals surface area contributed by atoms with Crippen LogP contribution in [-0.2, 0) is 0 Å². The van der Waals surface area contributed by atoms with Crippen LogP contribution in [0.4, 0.5) is 10.1 Å². The van der Waals surface area contributed by atoms with Crippen molar-refractivity contribution in [1.29, 1.82) is 0 Å². The van der Waals surface area contributed by atoms with Crippen molar-refractivity contribution in [2.75, 3.05) is 25.4 Å². The van der Waals surface area contributed by atoms with E-state index in [1.54, 1.807) is 6.07 Å². The van der Waals surface area contributed by atoms with Crippen LogP contribution in [0, 0.1) is 5.82 Å². The summed E-state index contributed by atoms with van der Waals surface area (Å²) in [4.78, 5) is 2.08. The highest BCUT2D eigenvalue weighted by molar-refractivity contribution is 5.41. The molecule has 3 N–H and O–H groups in total. The molecule has 16 heavy (non-hydrogen) atoms. The summed E-state index contributed by atoms with van der Waals surface area (Å²) in [6.45, 7) is 6.30. The van der Waals surface area contributed by atoms with Gasteiger partial charge in [0.2, 0.25) is 0 Å². The number of hydrogen-bond donors (Lipinski definition) is 2. The average molecular weight is 226 g/mol. The maximum absolute atomic E-state index is 13.2. The van der Waals surface area contributed by atoms with Crippen molar-refractivity contribution < 1.29 is 9.50 Å². The molecule has 1 aromatic carbocycles. The molecule has 0 aliphatic rings. The largest absolute Gasteiger partial charge is 0.396 e. The molecule has 0 saturated heterocycles. The van der Waals surface area contributed by atoms with E-state index in [0.29, 0.717) is 12.1 Å². The van der Waals surface area contributed by atoms with E-state index in [1.165, 1.54) is 12.1 Å². The summed E-state index contributed by atoms with van der Waals surface area (Å²) in [5, 5.41) is 9.92. The molecule has 0 aliphatic carbocycles. The first-order valence-electron chi connectivity index (χ1n) is 5.53. The number of hydrogen-bond acceptors (Lipinski definition) is 3. The minimum Gasteiger partial charge on any atom is -0.396 e. The normalized spacial score (nSPS) is 13.1. The number of benzene rings is 1. The van der Waals surface area contributed by atoms with E-state index in [4.69, 9.17) is 5.73 Å². The van der Waals surface area contributed by atoms with Crippen molar-refractivity contribution in [3.05, 3.63) is 29.6 Å². The summed E-state index contributed by atoms with van der Waals surface area (Å²) in [6, 6.07) is 4.44. The lowest BCUT2D eigenvalue weighted by molar-refractivity contribution is 0.119. The number of halogens is 1. The van der Waals surface area contributed by atoms with Gasteiger partial charge in [0, 0.05) is 6.54 Å². The predicted molar refractivity (Wildman–Crippen MR) is 63.6 cm³/mol. The van der Waals surface area contributed by atoms with Crippen molar-refractivity contribution in [2.45, 2.75) is 20.0 Å². The van der Waals surface area contributed by atoms with E-state index >= 15 is 0 Å². The molecule has 0 amide bonds. The van der Waals surface area contributed by atoms with Gasteiger partial charge in [-0.1, -0.05) is 19.9 Å². The fourth-order valence-corrected chi connectivity index (χ4v) is 1.58. The Balaban J connectivity index is 2.72. The van der Waals surface area contributed by atoms with Crippen molar-refractivity contribution in [1.82, 2.24) is 4.90 Å². The first-order valence-corrected chi connectivity index (χ1v) is 5.53. The summed E-state index contributed by atoms with van der Waals surface area (Å²) in [5.41, 5.74) is 6.05. The van der Waals surface area contributed by atoms with Crippen molar-refractivity contribution in [3.8, 4) is 0 Å². The Hall–Kier alpha value is -1.13. The molecule has 0 heterocycles. The summed E-state index contributed by atoms with van der Waals surface area (Å²) in [7, 11) is 0. The molecule has 0 fully saturated rings. The third-order valence-corrected chi connectivity index (χ3v) is 2.73. The highest BCUT2D eigenvalue weighted by Gasteiger charge is 2.12. The topological polar surface area (TPSA) is 49.5 Å². The zero-order chi connectivity index (χ0) is 12.1. The molecular weight excluding hydrogens is 207 g/mol. The first kappa shape index (κ1) is 12.9. The molecule has 1 rings (SSSR count). The fraction of sp³-hybridized carbons (Fsp3) is 0.500. The molecule has 0 aromatic heterocycles.